The molecule has 0 amide bonds. The van der Waals surface area contributed by atoms with Crippen LogP contribution in [-0.4, -0.2) is 10.7 Å². The van der Waals surface area contributed by atoms with Crippen molar-refractivity contribution < 1.29 is 0 Å². The molecule has 2 aromatic rings. The molecule has 0 spiro atoms. The van der Waals surface area contributed by atoms with E-state index in [0.29, 0.717) is 11.5 Å². The Labute approximate surface area is 112 Å². The number of benzene rings is 1. The van der Waals surface area contributed by atoms with Gasteiger partial charge in [-0.05, 0) is 30.2 Å². The average Bonchev–Trinajstić information content (AvgIpc) is 2.37. The molecule has 0 N–H and O–H groups in total. The molecule has 0 radical (unpaired) electrons. The molecule has 1 aromatic heterocycles. The summed E-state index contributed by atoms with van der Waals surface area (Å²) < 4.78 is 0. The Morgan fingerprint density at radius 3 is 2.83 bits per heavy atom. The molecule has 1 aromatic carbocycles. The summed E-state index contributed by atoms with van der Waals surface area (Å²) in [4.78, 5) is 4.58. The highest BCUT2D eigenvalue weighted by Gasteiger charge is 2.07. The van der Waals surface area contributed by atoms with E-state index in [1.54, 1.807) is 11.8 Å². The molecule has 0 saturated heterocycles. The zero-order valence-corrected chi connectivity index (χ0v) is 11.5. The zero-order chi connectivity index (χ0) is 13.0. The Kier molecular flexibility index (Phi) is 4.22. The molecule has 2 rings (SSSR count). The molecule has 0 atom stereocenters. The lowest BCUT2D eigenvalue weighted by molar-refractivity contribution is 0.632. The maximum absolute atomic E-state index is 9.18. The van der Waals surface area contributed by atoms with E-state index in [1.165, 1.54) is 0 Å². The second-order valence-corrected chi connectivity index (χ2v) is 5.76. The molecule has 0 fully saturated rings. The van der Waals surface area contributed by atoms with Crippen LogP contribution in [0.1, 0.15) is 25.8 Å². The van der Waals surface area contributed by atoms with E-state index in [0.717, 1.165) is 28.1 Å². The van der Waals surface area contributed by atoms with Gasteiger partial charge < -0.3 is 0 Å². The molecule has 2 nitrogen and oxygen atoms in total. The quantitative estimate of drug-likeness (QED) is 0.767. The highest BCUT2D eigenvalue weighted by molar-refractivity contribution is 7.99. The van der Waals surface area contributed by atoms with Crippen molar-refractivity contribution >= 4 is 22.7 Å². The summed E-state index contributed by atoms with van der Waals surface area (Å²) in [7, 11) is 0. The molecule has 0 aliphatic heterocycles. The highest BCUT2D eigenvalue weighted by atomic mass is 32.2. The summed E-state index contributed by atoms with van der Waals surface area (Å²) >= 11 is 1.68. The van der Waals surface area contributed by atoms with Gasteiger partial charge in [0.05, 0.1) is 11.1 Å². The molecule has 18 heavy (non-hydrogen) atoms. The minimum atomic E-state index is 0.683. The summed E-state index contributed by atoms with van der Waals surface area (Å²) in [6.07, 6.45) is 1.14. The second kappa shape index (κ2) is 5.88. The summed E-state index contributed by atoms with van der Waals surface area (Å²) in [6, 6.07) is 12.1. The number of fused-ring (bicyclic) bond motifs is 1. The third kappa shape index (κ3) is 3.02. The predicted molar refractivity (Wildman–Crippen MR) is 76.6 cm³/mol. The fraction of sp³-hybridized carbons (Fsp3) is 0.333. The van der Waals surface area contributed by atoms with Crippen molar-refractivity contribution in [1.82, 2.24) is 4.98 Å². The van der Waals surface area contributed by atoms with Crippen molar-refractivity contribution in [1.29, 1.82) is 5.26 Å². The SMILES string of the molecule is CC(C)CCSc1nc2ccccc2cc1C#N. The number of nitrogens with zero attached hydrogens (tertiary/aromatic N) is 2. The minimum Gasteiger partial charge on any atom is -0.240 e. The number of hydrogen-bond donors (Lipinski definition) is 0. The van der Waals surface area contributed by atoms with E-state index in [9.17, 15) is 5.26 Å². The smallest absolute Gasteiger partial charge is 0.115 e. The first-order valence-corrected chi connectivity index (χ1v) is 7.12. The lowest BCUT2D eigenvalue weighted by Crippen LogP contribution is -1.93. The van der Waals surface area contributed by atoms with Gasteiger partial charge in [0, 0.05) is 5.39 Å². The van der Waals surface area contributed by atoms with Crippen LogP contribution in [0, 0.1) is 17.2 Å². The van der Waals surface area contributed by atoms with Gasteiger partial charge in [0.15, 0.2) is 0 Å². The van der Waals surface area contributed by atoms with Gasteiger partial charge in [-0.2, -0.15) is 5.26 Å². The number of nitriles is 1. The fourth-order valence-electron chi connectivity index (χ4n) is 1.68. The van der Waals surface area contributed by atoms with Gasteiger partial charge in [-0.1, -0.05) is 32.0 Å². The Hall–Kier alpha value is -1.53. The first-order valence-electron chi connectivity index (χ1n) is 6.13. The van der Waals surface area contributed by atoms with Crippen molar-refractivity contribution in [2.75, 3.05) is 5.75 Å². The Balaban J connectivity index is 2.28. The molecule has 92 valence electrons. The number of hydrogen-bond acceptors (Lipinski definition) is 3. The number of pyridine rings is 1. The predicted octanol–water partition coefficient (Wildman–Crippen LogP) is 4.24. The second-order valence-electron chi connectivity index (χ2n) is 4.68. The molecular weight excluding hydrogens is 240 g/mol. The van der Waals surface area contributed by atoms with E-state index in [2.05, 4.69) is 24.9 Å². The molecular formula is C15H16N2S. The normalized spacial score (nSPS) is 10.8. The minimum absolute atomic E-state index is 0.683. The van der Waals surface area contributed by atoms with E-state index >= 15 is 0 Å². The fourth-order valence-corrected chi connectivity index (χ4v) is 2.89. The zero-order valence-electron chi connectivity index (χ0n) is 10.7. The summed E-state index contributed by atoms with van der Waals surface area (Å²) in [5.41, 5.74) is 1.64. The summed E-state index contributed by atoms with van der Waals surface area (Å²) in [6.45, 7) is 4.42. The van der Waals surface area contributed by atoms with Crippen molar-refractivity contribution in [2.24, 2.45) is 5.92 Å². The molecule has 0 saturated carbocycles. The van der Waals surface area contributed by atoms with Crippen LogP contribution in [0.2, 0.25) is 0 Å². The van der Waals surface area contributed by atoms with Crippen LogP contribution >= 0.6 is 11.8 Å². The third-order valence-electron chi connectivity index (χ3n) is 2.74. The summed E-state index contributed by atoms with van der Waals surface area (Å²) in [5, 5.41) is 11.1. The maximum Gasteiger partial charge on any atom is 0.115 e. The largest absolute Gasteiger partial charge is 0.240 e. The van der Waals surface area contributed by atoms with Crippen molar-refractivity contribution in [3.63, 3.8) is 0 Å². The first kappa shape index (κ1) is 12.9. The number of aromatic nitrogens is 1. The van der Waals surface area contributed by atoms with Gasteiger partial charge in [0.1, 0.15) is 11.1 Å². The molecule has 0 unspecified atom stereocenters. The van der Waals surface area contributed by atoms with Crippen LogP contribution in [0.3, 0.4) is 0 Å². The summed E-state index contributed by atoms with van der Waals surface area (Å²) in [5.74, 6) is 1.70. The average molecular weight is 256 g/mol. The van der Waals surface area contributed by atoms with Gasteiger partial charge >= 0.3 is 0 Å². The van der Waals surface area contributed by atoms with Crippen LogP contribution in [0.4, 0.5) is 0 Å². The molecule has 3 heteroatoms. The molecule has 0 aliphatic carbocycles. The van der Waals surface area contributed by atoms with Crippen LogP contribution in [0.15, 0.2) is 35.4 Å². The number of thioether (sulfide) groups is 1. The van der Waals surface area contributed by atoms with Crippen molar-refractivity contribution in [3.8, 4) is 6.07 Å². The van der Waals surface area contributed by atoms with Crippen molar-refractivity contribution in [2.45, 2.75) is 25.3 Å². The molecule has 1 heterocycles. The van der Waals surface area contributed by atoms with E-state index < -0.39 is 0 Å². The first-order chi connectivity index (χ1) is 8.70. The van der Waals surface area contributed by atoms with Crippen LogP contribution < -0.4 is 0 Å². The van der Waals surface area contributed by atoms with Crippen LogP contribution in [0.25, 0.3) is 10.9 Å². The third-order valence-corrected chi connectivity index (χ3v) is 3.77. The van der Waals surface area contributed by atoms with Crippen molar-refractivity contribution in [3.05, 3.63) is 35.9 Å². The van der Waals surface area contributed by atoms with E-state index in [4.69, 9.17) is 0 Å². The van der Waals surface area contributed by atoms with Gasteiger partial charge in [0.25, 0.3) is 0 Å². The lowest BCUT2D eigenvalue weighted by atomic mass is 10.2. The van der Waals surface area contributed by atoms with Crippen LogP contribution in [-0.2, 0) is 0 Å². The highest BCUT2D eigenvalue weighted by Crippen LogP contribution is 2.25. The Bertz CT molecular complexity index is 585. The van der Waals surface area contributed by atoms with E-state index in [-0.39, 0.29) is 0 Å². The number of rotatable bonds is 4. The van der Waals surface area contributed by atoms with Gasteiger partial charge in [-0.3, -0.25) is 0 Å². The lowest BCUT2D eigenvalue weighted by Gasteiger charge is -2.06. The van der Waals surface area contributed by atoms with Gasteiger partial charge in [-0.25, -0.2) is 4.98 Å². The standard InChI is InChI=1S/C15H16N2S/c1-11(2)7-8-18-15-13(10-16)9-12-5-3-4-6-14(12)17-15/h3-6,9,11H,7-8H2,1-2H3. The topological polar surface area (TPSA) is 36.7 Å². The monoisotopic (exact) mass is 256 g/mol. The molecule has 0 aliphatic rings. The van der Waals surface area contributed by atoms with Gasteiger partial charge in [0.2, 0.25) is 0 Å². The van der Waals surface area contributed by atoms with E-state index in [1.807, 2.05) is 30.3 Å². The Morgan fingerprint density at radius 2 is 2.11 bits per heavy atom. The maximum atomic E-state index is 9.18. The molecule has 0 bridgehead atoms. The Morgan fingerprint density at radius 1 is 1.33 bits per heavy atom. The number of para-hydroxylation sites is 1. The van der Waals surface area contributed by atoms with Crippen LogP contribution in [0.5, 0.6) is 0 Å². The van der Waals surface area contributed by atoms with Gasteiger partial charge in [-0.15, -0.1) is 11.8 Å².